The molecule has 4 heteroatoms. The van der Waals surface area contributed by atoms with Crippen LogP contribution in [0, 0.1) is 5.92 Å². The molecule has 1 fully saturated rings. The van der Waals surface area contributed by atoms with E-state index in [1.54, 1.807) is 11.8 Å². The van der Waals surface area contributed by atoms with Crippen LogP contribution in [-0.4, -0.2) is 40.4 Å². The van der Waals surface area contributed by atoms with Crippen LogP contribution in [0.3, 0.4) is 0 Å². The van der Waals surface area contributed by atoms with Crippen LogP contribution >= 0.6 is 0 Å². The van der Waals surface area contributed by atoms with Gasteiger partial charge in [0.15, 0.2) is 0 Å². The van der Waals surface area contributed by atoms with E-state index in [4.69, 9.17) is 4.74 Å². The second-order valence-electron chi connectivity index (χ2n) is 6.17. The maximum atomic E-state index is 11.8. The Balaban J connectivity index is 2.63. The summed E-state index contributed by atoms with van der Waals surface area (Å²) in [5.74, 6) is 0.302. The zero-order chi connectivity index (χ0) is 12.6. The van der Waals surface area contributed by atoms with Gasteiger partial charge in [-0.3, -0.25) is 0 Å². The van der Waals surface area contributed by atoms with Crippen molar-refractivity contribution in [2.45, 2.75) is 52.2 Å². The molecule has 0 spiro atoms. The number of amides is 1. The van der Waals surface area contributed by atoms with Crippen LogP contribution in [0.1, 0.15) is 41.0 Å². The number of β-amino-alcohol motifs (C(OH)–C–C–N with tert-alkyl or cyclic N) is 1. The molecule has 0 radical (unpaired) electrons. The van der Waals surface area contributed by atoms with E-state index in [1.165, 1.54) is 0 Å². The Morgan fingerprint density at radius 3 is 2.50 bits per heavy atom. The monoisotopic (exact) mass is 229 g/mol. The van der Waals surface area contributed by atoms with E-state index in [-0.39, 0.29) is 6.09 Å². The summed E-state index contributed by atoms with van der Waals surface area (Å²) in [6.07, 6.45) is 0.395. The number of ether oxygens (including phenoxy) is 1. The molecule has 94 valence electrons. The minimum absolute atomic E-state index is 0.302. The van der Waals surface area contributed by atoms with Crippen LogP contribution in [0.4, 0.5) is 4.79 Å². The van der Waals surface area contributed by atoms with Crippen molar-refractivity contribution in [3.05, 3.63) is 0 Å². The standard InChI is InChI=1S/C12H23NO3/c1-9-6-12(5,15)8-13(7-9)10(14)16-11(2,3)4/h9,15H,6-8H2,1-5H3. The first-order valence-corrected chi connectivity index (χ1v) is 5.79. The number of rotatable bonds is 0. The topological polar surface area (TPSA) is 49.8 Å². The molecule has 1 amide bonds. The van der Waals surface area contributed by atoms with Gasteiger partial charge in [-0.25, -0.2) is 4.79 Å². The summed E-state index contributed by atoms with van der Waals surface area (Å²) in [5, 5.41) is 10.0. The largest absolute Gasteiger partial charge is 0.444 e. The van der Waals surface area contributed by atoms with Gasteiger partial charge < -0.3 is 14.7 Å². The van der Waals surface area contributed by atoms with Gasteiger partial charge >= 0.3 is 6.09 Å². The molecule has 0 aromatic heterocycles. The minimum Gasteiger partial charge on any atom is -0.444 e. The summed E-state index contributed by atoms with van der Waals surface area (Å²) in [6.45, 7) is 10.3. The lowest BCUT2D eigenvalue weighted by Gasteiger charge is -2.40. The van der Waals surface area contributed by atoms with Gasteiger partial charge in [-0.15, -0.1) is 0 Å². The normalized spacial score (nSPS) is 31.4. The molecule has 1 N–H and O–H groups in total. The van der Waals surface area contributed by atoms with Crippen molar-refractivity contribution in [3.8, 4) is 0 Å². The number of carbonyl (C=O) groups excluding carboxylic acids is 1. The molecule has 1 saturated heterocycles. The lowest BCUT2D eigenvalue weighted by Crippen LogP contribution is -2.52. The number of hydrogen-bond acceptors (Lipinski definition) is 3. The van der Waals surface area contributed by atoms with Crippen LogP contribution in [-0.2, 0) is 4.74 Å². The van der Waals surface area contributed by atoms with Crippen LogP contribution in [0.5, 0.6) is 0 Å². The van der Waals surface area contributed by atoms with Crippen molar-refractivity contribution >= 4 is 6.09 Å². The predicted octanol–water partition coefficient (Wildman–Crippen LogP) is 2.01. The molecule has 2 unspecified atom stereocenters. The molecule has 4 nitrogen and oxygen atoms in total. The van der Waals surface area contributed by atoms with E-state index >= 15 is 0 Å². The van der Waals surface area contributed by atoms with Crippen molar-refractivity contribution in [3.63, 3.8) is 0 Å². The van der Waals surface area contributed by atoms with E-state index in [9.17, 15) is 9.90 Å². The Hall–Kier alpha value is -0.770. The molecule has 1 heterocycles. The average Bonchev–Trinajstić information content (AvgIpc) is 1.96. The van der Waals surface area contributed by atoms with E-state index in [1.807, 2.05) is 27.7 Å². The van der Waals surface area contributed by atoms with Crippen molar-refractivity contribution in [2.75, 3.05) is 13.1 Å². The molecule has 0 aromatic rings. The number of carbonyl (C=O) groups is 1. The van der Waals surface area contributed by atoms with Gasteiger partial charge in [0.25, 0.3) is 0 Å². The van der Waals surface area contributed by atoms with Gasteiger partial charge in [0.1, 0.15) is 5.60 Å². The lowest BCUT2D eigenvalue weighted by atomic mass is 9.88. The Morgan fingerprint density at radius 1 is 1.50 bits per heavy atom. The van der Waals surface area contributed by atoms with E-state index < -0.39 is 11.2 Å². The molecular formula is C12H23NO3. The fourth-order valence-electron chi connectivity index (χ4n) is 2.20. The summed E-state index contributed by atoms with van der Waals surface area (Å²) in [4.78, 5) is 13.4. The molecule has 0 bridgehead atoms. The van der Waals surface area contributed by atoms with Crippen LogP contribution in [0.15, 0.2) is 0 Å². The van der Waals surface area contributed by atoms with E-state index in [2.05, 4.69) is 0 Å². The highest BCUT2D eigenvalue weighted by Gasteiger charge is 2.36. The van der Waals surface area contributed by atoms with Gasteiger partial charge in [-0.2, -0.15) is 0 Å². The first-order chi connectivity index (χ1) is 7.09. The molecule has 0 aliphatic carbocycles. The maximum Gasteiger partial charge on any atom is 0.410 e. The second-order valence-corrected chi connectivity index (χ2v) is 6.17. The third-order valence-electron chi connectivity index (χ3n) is 2.50. The number of hydrogen-bond donors (Lipinski definition) is 1. The number of nitrogens with zero attached hydrogens (tertiary/aromatic N) is 1. The highest BCUT2D eigenvalue weighted by Crippen LogP contribution is 2.26. The Morgan fingerprint density at radius 2 is 2.06 bits per heavy atom. The summed E-state index contributed by atoms with van der Waals surface area (Å²) in [7, 11) is 0. The molecule has 2 atom stereocenters. The average molecular weight is 229 g/mol. The fraction of sp³-hybridized carbons (Fsp3) is 0.917. The Kier molecular flexibility index (Phi) is 3.53. The molecule has 1 rings (SSSR count). The van der Waals surface area contributed by atoms with Crippen LogP contribution in [0.25, 0.3) is 0 Å². The summed E-state index contributed by atoms with van der Waals surface area (Å²) < 4.78 is 5.29. The van der Waals surface area contributed by atoms with Crippen LogP contribution in [0.2, 0.25) is 0 Å². The quantitative estimate of drug-likeness (QED) is 0.691. The molecule has 16 heavy (non-hydrogen) atoms. The summed E-state index contributed by atoms with van der Waals surface area (Å²) in [6, 6.07) is 0. The summed E-state index contributed by atoms with van der Waals surface area (Å²) in [5.41, 5.74) is -1.28. The van der Waals surface area contributed by atoms with Gasteiger partial charge in [0.05, 0.1) is 12.1 Å². The van der Waals surface area contributed by atoms with Crippen molar-refractivity contribution in [1.29, 1.82) is 0 Å². The van der Waals surface area contributed by atoms with Gasteiger partial charge in [0.2, 0.25) is 0 Å². The van der Waals surface area contributed by atoms with Crippen molar-refractivity contribution < 1.29 is 14.6 Å². The maximum absolute atomic E-state index is 11.8. The third-order valence-corrected chi connectivity index (χ3v) is 2.50. The number of likely N-dealkylation sites (tertiary alicyclic amines) is 1. The van der Waals surface area contributed by atoms with Crippen molar-refractivity contribution in [2.24, 2.45) is 5.92 Å². The zero-order valence-corrected chi connectivity index (χ0v) is 10.9. The fourth-order valence-corrected chi connectivity index (χ4v) is 2.20. The van der Waals surface area contributed by atoms with Gasteiger partial charge in [0, 0.05) is 6.54 Å². The number of piperidine rings is 1. The smallest absolute Gasteiger partial charge is 0.410 e. The summed E-state index contributed by atoms with van der Waals surface area (Å²) >= 11 is 0. The number of aliphatic hydroxyl groups is 1. The highest BCUT2D eigenvalue weighted by molar-refractivity contribution is 5.68. The van der Waals surface area contributed by atoms with E-state index in [0.717, 1.165) is 6.42 Å². The second kappa shape index (κ2) is 4.24. The SMILES string of the molecule is CC1CN(C(=O)OC(C)(C)C)CC(C)(O)C1. The Bertz CT molecular complexity index is 268. The van der Waals surface area contributed by atoms with Gasteiger partial charge in [-0.1, -0.05) is 6.92 Å². The molecule has 1 aliphatic rings. The molecular weight excluding hydrogens is 206 g/mol. The highest BCUT2D eigenvalue weighted by atomic mass is 16.6. The van der Waals surface area contributed by atoms with Crippen LogP contribution < -0.4 is 0 Å². The first-order valence-electron chi connectivity index (χ1n) is 5.79. The van der Waals surface area contributed by atoms with Crippen molar-refractivity contribution in [1.82, 2.24) is 4.90 Å². The van der Waals surface area contributed by atoms with Gasteiger partial charge in [-0.05, 0) is 40.0 Å². The molecule has 0 saturated carbocycles. The van der Waals surface area contributed by atoms with E-state index in [0.29, 0.717) is 19.0 Å². The third kappa shape index (κ3) is 4.00. The first kappa shape index (κ1) is 13.3. The Labute approximate surface area is 97.6 Å². The molecule has 0 aromatic carbocycles. The lowest BCUT2D eigenvalue weighted by molar-refractivity contribution is -0.0472. The predicted molar refractivity (Wildman–Crippen MR) is 62.2 cm³/mol. The molecule has 1 aliphatic heterocycles. The minimum atomic E-state index is -0.797. The zero-order valence-electron chi connectivity index (χ0n) is 10.9.